The largest absolute Gasteiger partial charge is 0.250 e. The van der Waals surface area contributed by atoms with Crippen LogP contribution in [0.2, 0.25) is 0 Å². The number of hydrogen-bond donors (Lipinski definition) is 2. The fraction of sp³-hybridized carbons (Fsp3) is 0.286. The van der Waals surface area contributed by atoms with Gasteiger partial charge >= 0.3 is 0 Å². The van der Waals surface area contributed by atoms with Gasteiger partial charge in [0.25, 0.3) is 10.0 Å². The van der Waals surface area contributed by atoms with Crippen molar-refractivity contribution in [2.45, 2.75) is 17.2 Å². The lowest BCUT2D eigenvalue weighted by Crippen LogP contribution is -2.27. The molecule has 1 atom stereocenters. The van der Waals surface area contributed by atoms with Gasteiger partial charge in [-0.05, 0) is 35.0 Å². The Bertz CT molecular complexity index is 594. The quantitative estimate of drug-likeness (QED) is 0.868. The average Bonchev–Trinajstić information content (AvgIpc) is 2.86. The van der Waals surface area contributed by atoms with E-state index in [9.17, 15) is 8.42 Å². The first-order chi connectivity index (χ1) is 7.99. The molecule has 2 N–H and O–H groups in total. The second-order valence-corrected chi connectivity index (χ2v) is 7.58. The predicted octanol–water partition coefficient (Wildman–Crippen LogP) is 1.06. The molecule has 0 aliphatic carbocycles. The highest BCUT2D eigenvalue weighted by atomic mass is 79.9. The van der Waals surface area contributed by atoms with E-state index >= 15 is 0 Å². The van der Waals surface area contributed by atoms with Gasteiger partial charge in [0, 0.05) is 0 Å². The third-order valence-corrected chi connectivity index (χ3v) is 5.55. The Morgan fingerprint density at radius 3 is 2.82 bits per heavy atom. The highest BCUT2D eigenvalue weighted by molar-refractivity contribution is 9.11. The van der Waals surface area contributed by atoms with Crippen molar-refractivity contribution in [3.05, 3.63) is 21.7 Å². The molecule has 92 valence electrons. The van der Waals surface area contributed by atoms with Gasteiger partial charge in [0.1, 0.15) is 4.21 Å². The van der Waals surface area contributed by atoms with Crippen molar-refractivity contribution in [3.63, 3.8) is 0 Å². The van der Waals surface area contributed by atoms with Crippen molar-refractivity contribution >= 4 is 37.3 Å². The molecule has 0 amide bonds. The summed E-state index contributed by atoms with van der Waals surface area (Å²) < 4.78 is 27.3. The molecule has 0 fully saturated rings. The van der Waals surface area contributed by atoms with Gasteiger partial charge in [0.05, 0.1) is 9.83 Å². The molecule has 2 heterocycles. The number of hydrogen-bond acceptors (Lipinski definition) is 6. The molecule has 7 nitrogen and oxygen atoms in total. The van der Waals surface area contributed by atoms with Crippen molar-refractivity contribution in [2.75, 3.05) is 0 Å². The van der Waals surface area contributed by atoms with Gasteiger partial charge in [0.15, 0.2) is 5.82 Å². The molecule has 1 unspecified atom stereocenters. The van der Waals surface area contributed by atoms with Gasteiger partial charge in [-0.15, -0.1) is 21.5 Å². The Kier molecular flexibility index (Phi) is 3.56. The number of tetrazole rings is 1. The number of rotatable bonds is 4. The van der Waals surface area contributed by atoms with Crippen molar-refractivity contribution in [3.8, 4) is 0 Å². The maximum absolute atomic E-state index is 11.9. The lowest BCUT2D eigenvalue weighted by molar-refractivity contribution is 0.562. The van der Waals surface area contributed by atoms with Crippen LogP contribution in [0.3, 0.4) is 0 Å². The lowest BCUT2D eigenvalue weighted by Gasteiger charge is -2.08. The zero-order valence-corrected chi connectivity index (χ0v) is 11.8. The maximum atomic E-state index is 11.9. The number of aromatic amines is 1. The number of thiophene rings is 1. The average molecular weight is 338 g/mol. The van der Waals surface area contributed by atoms with Gasteiger partial charge in [-0.25, -0.2) is 8.42 Å². The first kappa shape index (κ1) is 12.6. The van der Waals surface area contributed by atoms with E-state index in [1.165, 1.54) is 6.07 Å². The maximum Gasteiger partial charge on any atom is 0.250 e. The lowest BCUT2D eigenvalue weighted by atomic mass is 10.4. The molecular formula is C7H8BrN5O2S2. The number of nitrogens with zero attached hydrogens (tertiary/aromatic N) is 3. The van der Waals surface area contributed by atoms with E-state index in [0.717, 1.165) is 15.1 Å². The Balaban J connectivity index is 2.18. The van der Waals surface area contributed by atoms with E-state index in [2.05, 4.69) is 41.3 Å². The third kappa shape index (κ3) is 2.89. The molecule has 0 spiro atoms. The van der Waals surface area contributed by atoms with Crippen molar-refractivity contribution < 1.29 is 8.42 Å². The van der Waals surface area contributed by atoms with Crippen LogP contribution < -0.4 is 4.72 Å². The van der Waals surface area contributed by atoms with Crippen LogP contribution in [0, 0.1) is 0 Å². The Morgan fingerprint density at radius 2 is 2.29 bits per heavy atom. The standard InChI is InChI=1S/C7H8BrN5O2S2/c1-4(7-9-12-13-10-7)11-17(14,15)6-3-2-5(8)16-6/h2-4,11H,1H3,(H,9,10,12,13). The summed E-state index contributed by atoms with van der Waals surface area (Å²) in [5.74, 6) is 0.296. The molecule has 10 heteroatoms. The number of sulfonamides is 1. The minimum absolute atomic E-state index is 0.236. The number of halogens is 1. The molecule has 0 aliphatic rings. The summed E-state index contributed by atoms with van der Waals surface area (Å²) in [6.45, 7) is 1.64. The summed E-state index contributed by atoms with van der Waals surface area (Å²) in [7, 11) is -3.55. The summed E-state index contributed by atoms with van der Waals surface area (Å²) in [4.78, 5) is 0. The predicted molar refractivity (Wildman–Crippen MR) is 64.9 cm³/mol. The van der Waals surface area contributed by atoms with E-state index in [0.29, 0.717) is 5.82 Å². The minimum Gasteiger partial charge on any atom is -0.206 e. The fourth-order valence-electron chi connectivity index (χ4n) is 1.14. The zero-order valence-electron chi connectivity index (χ0n) is 8.58. The summed E-state index contributed by atoms with van der Waals surface area (Å²) >= 11 is 4.35. The third-order valence-electron chi connectivity index (χ3n) is 1.89. The monoisotopic (exact) mass is 337 g/mol. The molecule has 2 aromatic rings. The van der Waals surface area contributed by atoms with Gasteiger partial charge in [-0.3, -0.25) is 0 Å². The van der Waals surface area contributed by atoms with Crippen LogP contribution in [0.1, 0.15) is 18.8 Å². The number of nitrogens with one attached hydrogen (secondary N) is 2. The number of aromatic nitrogens is 4. The van der Waals surface area contributed by atoms with Crippen molar-refractivity contribution in [1.29, 1.82) is 0 Å². The molecule has 0 saturated carbocycles. The summed E-state index contributed by atoms with van der Waals surface area (Å²) in [5, 5.41) is 13.1. The van der Waals surface area contributed by atoms with Gasteiger partial charge in [0.2, 0.25) is 0 Å². The van der Waals surface area contributed by atoms with Gasteiger partial charge in [-0.2, -0.15) is 9.94 Å². The smallest absolute Gasteiger partial charge is 0.206 e. The molecule has 2 rings (SSSR count). The van der Waals surface area contributed by atoms with Crippen LogP contribution in [0.25, 0.3) is 0 Å². The summed E-state index contributed by atoms with van der Waals surface area (Å²) in [5.41, 5.74) is 0. The van der Waals surface area contributed by atoms with E-state index in [4.69, 9.17) is 0 Å². The van der Waals surface area contributed by atoms with Crippen LogP contribution in [-0.2, 0) is 10.0 Å². The van der Waals surface area contributed by atoms with Crippen LogP contribution >= 0.6 is 27.3 Å². The van der Waals surface area contributed by atoms with Crippen molar-refractivity contribution in [2.24, 2.45) is 0 Å². The highest BCUT2D eigenvalue weighted by Gasteiger charge is 2.22. The molecule has 0 saturated heterocycles. The topological polar surface area (TPSA) is 101 Å². The van der Waals surface area contributed by atoms with E-state index in [1.54, 1.807) is 13.0 Å². The molecule has 17 heavy (non-hydrogen) atoms. The second kappa shape index (κ2) is 4.80. The van der Waals surface area contributed by atoms with Crippen LogP contribution in [0.4, 0.5) is 0 Å². The van der Waals surface area contributed by atoms with Crippen molar-refractivity contribution in [1.82, 2.24) is 25.3 Å². The molecular weight excluding hydrogens is 330 g/mol. The zero-order chi connectivity index (χ0) is 12.5. The molecule has 0 radical (unpaired) electrons. The van der Waals surface area contributed by atoms with Gasteiger partial charge < -0.3 is 0 Å². The SMILES string of the molecule is CC(NS(=O)(=O)c1ccc(Br)s1)c1nn[nH]n1. The van der Waals surface area contributed by atoms with E-state index < -0.39 is 16.1 Å². The molecule has 2 aromatic heterocycles. The Hall–Kier alpha value is -0.840. The molecule has 0 aliphatic heterocycles. The normalized spacial score (nSPS) is 13.8. The highest BCUT2D eigenvalue weighted by Crippen LogP contribution is 2.26. The second-order valence-electron chi connectivity index (χ2n) is 3.17. The fourth-order valence-corrected chi connectivity index (χ4v) is 4.37. The summed E-state index contributed by atoms with van der Waals surface area (Å²) in [6, 6.07) is 2.66. The van der Waals surface area contributed by atoms with Gasteiger partial charge in [-0.1, -0.05) is 5.21 Å². The van der Waals surface area contributed by atoms with Crippen LogP contribution in [0.15, 0.2) is 20.1 Å². The number of H-pyrrole nitrogens is 1. The van der Waals surface area contributed by atoms with E-state index in [1.807, 2.05) is 0 Å². The van der Waals surface area contributed by atoms with Crippen LogP contribution in [-0.4, -0.2) is 29.0 Å². The Labute approximate surface area is 110 Å². The van der Waals surface area contributed by atoms with E-state index in [-0.39, 0.29) is 4.21 Å². The Morgan fingerprint density at radius 1 is 1.53 bits per heavy atom. The first-order valence-electron chi connectivity index (χ1n) is 4.50. The summed E-state index contributed by atoms with van der Waals surface area (Å²) in [6.07, 6.45) is 0. The molecule has 0 aromatic carbocycles. The molecule has 0 bridgehead atoms. The minimum atomic E-state index is -3.55. The van der Waals surface area contributed by atoms with Crippen LogP contribution in [0.5, 0.6) is 0 Å². The first-order valence-corrected chi connectivity index (χ1v) is 7.59.